The summed E-state index contributed by atoms with van der Waals surface area (Å²) in [6, 6.07) is 6.01. The van der Waals surface area contributed by atoms with Crippen molar-refractivity contribution in [3.8, 4) is 11.6 Å². The van der Waals surface area contributed by atoms with E-state index in [2.05, 4.69) is 15.0 Å². The van der Waals surface area contributed by atoms with E-state index in [1.54, 1.807) is 12.3 Å². The zero-order chi connectivity index (χ0) is 25.7. The van der Waals surface area contributed by atoms with Crippen molar-refractivity contribution in [2.45, 2.75) is 61.6 Å². The molecule has 0 radical (unpaired) electrons. The number of alkyl halides is 3. The predicted octanol–water partition coefficient (Wildman–Crippen LogP) is 4.35. The van der Waals surface area contributed by atoms with E-state index in [-0.39, 0.29) is 47.1 Å². The Morgan fingerprint density at radius 1 is 1.25 bits per heavy atom. The first kappa shape index (κ1) is 25.0. The minimum Gasteiger partial charge on any atom is -0.480 e. The normalized spacial score (nSPS) is 28.3. The number of amides is 1. The fraction of sp³-hybridized carbons (Fsp3) is 0.500. The Kier molecular flexibility index (Phi) is 6.29. The number of aliphatic hydroxyl groups excluding tert-OH is 1. The third kappa shape index (κ3) is 4.83. The monoisotopic (exact) mass is 530 g/mol. The molecule has 0 spiro atoms. The van der Waals surface area contributed by atoms with Crippen LogP contribution in [0.25, 0.3) is 0 Å². The average molecular weight is 531 g/mol. The molecule has 3 saturated carbocycles. The van der Waals surface area contributed by atoms with E-state index in [0.29, 0.717) is 30.7 Å². The lowest BCUT2D eigenvalue weighted by Crippen LogP contribution is -2.77. The van der Waals surface area contributed by atoms with Crippen LogP contribution in [0.2, 0.25) is 5.02 Å². The van der Waals surface area contributed by atoms with Gasteiger partial charge in [-0.1, -0.05) is 11.6 Å². The number of carbonyl (C=O) groups excluding carboxylic acids is 1. The molecule has 12 heteroatoms. The molecule has 0 saturated heterocycles. The topological polar surface area (TPSA) is 89.9 Å². The molecular weight excluding hydrogens is 508 g/mol. The third-order valence-corrected chi connectivity index (χ3v) is 7.27. The molecule has 2 heterocycles. The average Bonchev–Trinajstić information content (AvgIpc) is 2.75. The van der Waals surface area contributed by atoms with Gasteiger partial charge in [-0.15, -0.1) is 13.2 Å². The highest BCUT2D eigenvalue weighted by Gasteiger charge is 2.69. The maximum Gasteiger partial charge on any atom is 0.522 e. The minimum absolute atomic E-state index is 0.0289. The molecule has 2 aromatic rings. The molecule has 1 aromatic heterocycles. The molecule has 36 heavy (non-hydrogen) atoms. The highest BCUT2D eigenvalue weighted by atomic mass is 35.5. The van der Waals surface area contributed by atoms with Crippen molar-refractivity contribution in [1.82, 2.24) is 10.3 Å². The van der Waals surface area contributed by atoms with Crippen LogP contribution in [0.4, 0.5) is 17.6 Å². The molecule has 1 aliphatic heterocycles. The molecule has 194 valence electrons. The lowest BCUT2D eigenvalue weighted by Gasteiger charge is -2.71. The van der Waals surface area contributed by atoms with Crippen LogP contribution in [0, 0.1) is 5.82 Å². The van der Waals surface area contributed by atoms with Gasteiger partial charge in [0.15, 0.2) is 6.10 Å². The first-order valence-electron chi connectivity index (χ1n) is 11.4. The molecule has 6 rings (SSSR count). The van der Waals surface area contributed by atoms with Crippen molar-refractivity contribution >= 4 is 17.5 Å². The molecule has 3 aliphatic carbocycles. The maximum absolute atomic E-state index is 13.8. The van der Waals surface area contributed by atoms with Gasteiger partial charge in [0, 0.05) is 47.7 Å². The molecule has 1 amide bonds. The Balaban J connectivity index is 1.13. The second-order valence-corrected chi connectivity index (χ2v) is 10.0. The van der Waals surface area contributed by atoms with E-state index in [9.17, 15) is 27.5 Å². The van der Waals surface area contributed by atoms with Crippen LogP contribution in [0.3, 0.4) is 0 Å². The van der Waals surface area contributed by atoms with E-state index in [1.165, 1.54) is 6.07 Å². The molecular formula is C24H23ClF4N2O5. The Bertz CT molecular complexity index is 1160. The van der Waals surface area contributed by atoms with Crippen LogP contribution in [0.5, 0.6) is 11.6 Å². The van der Waals surface area contributed by atoms with Crippen molar-refractivity contribution in [2.24, 2.45) is 0 Å². The van der Waals surface area contributed by atoms with Gasteiger partial charge in [-0.3, -0.25) is 9.53 Å². The summed E-state index contributed by atoms with van der Waals surface area (Å²) >= 11 is 5.78. The van der Waals surface area contributed by atoms with Crippen molar-refractivity contribution in [3.05, 3.63) is 52.4 Å². The van der Waals surface area contributed by atoms with Gasteiger partial charge >= 0.3 is 6.36 Å². The standard InChI is InChI=1S/C24H23ClF4N2O5/c25-15-7-14-17(32)9-19(36-18(14)8-16(15)26)21(33)31-23-10-22(11-23,12-23)13-2-3-30-20(6-13)34-4-1-5-35-24(27,28)29/h2-3,6-8,17,19,32H,1,4-5,9-12H2,(H,31,33)/t17-,19-,22?,23?/m1/s1. The SMILES string of the molecule is O=C(NC12CC(c3ccnc(OCCCOC(F)(F)F)c3)(C1)C2)[C@H]1C[C@@H](O)c2cc(Cl)c(F)cc2O1. The van der Waals surface area contributed by atoms with E-state index in [1.807, 2.05) is 6.07 Å². The summed E-state index contributed by atoms with van der Waals surface area (Å²) in [4.78, 5) is 17.0. The van der Waals surface area contributed by atoms with Gasteiger partial charge in [-0.25, -0.2) is 9.37 Å². The number of ether oxygens (including phenoxy) is 3. The van der Waals surface area contributed by atoms with E-state index in [4.69, 9.17) is 21.1 Å². The highest BCUT2D eigenvalue weighted by molar-refractivity contribution is 6.30. The van der Waals surface area contributed by atoms with Crippen LogP contribution in [-0.2, 0) is 14.9 Å². The van der Waals surface area contributed by atoms with Crippen molar-refractivity contribution < 1.29 is 41.7 Å². The number of fused-ring (bicyclic) bond motifs is 1. The Hall–Kier alpha value is -2.63. The molecule has 2 bridgehead atoms. The first-order chi connectivity index (χ1) is 17.0. The zero-order valence-corrected chi connectivity index (χ0v) is 19.7. The summed E-state index contributed by atoms with van der Waals surface area (Å²) in [5.74, 6) is -0.652. The smallest absolute Gasteiger partial charge is 0.480 e. The zero-order valence-electron chi connectivity index (χ0n) is 18.9. The Labute approximate surface area is 208 Å². The quantitative estimate of drug-likeness (QED) is 0.389. The van der Waals surface area contributed by atoms with E-state index < -0.39 is 31.0 Å². The van der Waals surface area contributed by atoms with Gasteiger partial charge in [0.25, 0.3) is 5.91 Å². The summed E-state index contributed by atoms with van der Waals surface area (Å²) in [6.07, 6.45) is -2.84. The Morgan fingerprint density at radius 3 is 2.72 bits per heavy atom. The number of nitrogens with zero attached hydrogens (tertiary/aromatic N) is 1. The van der Waals surface area contributed by atoms with Gasteiger partial charge in [-0.2, -0.15) is 0 Å². The number of rotatable bonds is 8. The number of carbonyl (C=O) groups is 1. The Morgan fingerprint density at radius 2 is 2.00 bits per heavy atom. The summed E-state index contributed by atoms with van der Waals surface area (Å²) in [5, 5.41) is 13.3. The molecule has 2 atom stereocenters. The van der Waals surface area contributed by atoms with Gasteiger partial charge in [0.05, 0.1) is 24.3 Å². The number of hydrogen-bond donors (Lipinski definition) is 2. The molecule has 0 unspecified atom stereocenters. The number of halogens is 5. The number of benzene rings is 1. The van der Waals surface area contributed by atoms with Crippen LogP contribution >= 0.6 is 11.6 Å². The summed E-state index contributed by atoms with van der Waals surface area (Å²) in [5.41, 5.74) is 0.822. The second kappa shape index (κ2) is 9.04. The first-order valence-corrected chi connectivity index (χ1v) is 11.8. The number of aromatic nitrogens is 1. The van der Waals surface area contributed by atoms with Crippen molar-refractivity contribution in [1.29, 1.82) is 0 Å². The number of pyridine rings is 1. The molecule has 1 aromatic carbocycles. The summed E-state index contributed by atoms with van der Waals surface area (Å²) < 4.78 is 64.7. The van der Waals surface area contributed by atoms with Crippen molar-refractivity contribution in [2.75, 3.05) is 13.2 Å². The molecule has 2 N–H and O–H groups in total. The molecule has 4 aliphatic rings. The van der Waals surface area contributed by atoms with Gasteiger partial charge in [0.2, 0.25) is 5.88 Å². The van der Waals surface area contributed by atoms with Gasteiger partial charge < -0.3 is 19.9 Å². The van der Waals surface area contributed by atoms with E-state index in [0.717, 1.165) is 11.6 Å². The third-order valence-electron chi connectivity index (χ3n) is 6.98. The fourth-order valence-electron chi connectivity index (χ4n) is 5.41. The molecule has 3 fully saturated rings. The van der Waals surface area contributed by atoms with Crippen molar-refractivity contribution in [3.63, 3.8) is 0 Å². The van der Waals surface area contributed by atoms with Crippen LogP contribution in [-0.4, -0.2) is 47.2 Å². The van der Waals surface area contributed by atoms with E-state index >= 15 is 0 Å². The largest absolute Gasteiger partial charge is 0.522 e. The fourth-order valence-corrected chi connectivity index (χ4v) is 5.58. The van der Waals surface area contributed by atoms with Crippen LogP contribution in [0.1, 0.15) is 49.3 Å². The lowest BCUT2D eigenvalue weighted by molar-refractivity contribution is -0.324. The number of hydrogen-bond acceptors (Lipinski definition) is 6. The minimum atomic E-state index is -4.66. The highest BCUT2D eigenvalue weighted by Crippen LogP contribution is 2.68. The summed E-state index contributed by atoms with van der Waals surface area (Å²) in [7, 11) is 0. The second-order valence-electron chi connectivity index (χ2n) is 9.62. The van der Waals surface area contributed by atoms with Gasteiger partial charge in [0.1, 0.15) is 11.6 Å². The lowest BCUT2D eigenvalue weighted by atomic mass is 9.37. The number of nitrogens with one attached hydrogen (secondary N) is 1. The van der Waals surface area contributed by atoms with Gasteiger partial charge in [-0.05, 0) is 37.0 Å². The predicted molar refractivity (Wildman–Crippen MR) is 118 cm³/mol. The summed E-state index contributed by atoms with van der Waals surface area (Å²) in [6.45, 7) is -0.461. The van der Waals surface area contributed by atoms with Crippen LogP contribution < -0.4 is 14.8 Å². The van der Waals surface area contributed by atoms with Crippen LogP contribution in [0.15, 0.2) is 30.5 Å². The molecule has 7 nitrogen and oxygen atoms in total. The maximum atomic E-state index is 13.8. The number of aliphatic hydroxyl groups is 1.